The number of carbonyl (C=O) groups excluding carboxylic acids is 1. The van der Waals surface area contributed by atoms with E-state index in [1.165, 1.54) is 0 Å². The van der Waals surface area contributed by atoms with Crippen LogP contribution in [0, 0.1) is 0 Å². The minimum absolute atomic E-state index is 0.254. The van der Waals surface area contributed by atoms with Gasteiger partial charge in [0, 0.05) is 5.39 Å². The predicted molar refractivity (Wildman–Crippen MR) is 105 cm³/mol. The lowest BCUT2D eigenvalue weighted by atomic mass is 9.98. The van der Waals surface area contributed by atoms with E-state index in [-0.39, 0.29) is 11.9 Å². The molecule has 134 valence electrons. The van der Waals surface area contributed by atoms with Crippen molar-refractivity contribution in [2.75, 3.05) is 7.11 Å². The monoisotopic (exact) mass is 357 g/mol. The molecule has 4 heteroatoms. The van der Waals surface area contributed by atoms with Crippen molar-refractivity contribution in [1.82, 2.24) is 5.32 Å². The maximum atomic E-state index is 12.9. The van der Waals surface area contributed by atoms with Gasteiger partial charge in [0.2, 0.25) is 0 Å². The third kappa shape index (κ3) is 3.55. The number of fused-ring (bicyclic) bond motifs is 1. The summed E-state index contributed by atoms with van der Waals surface area (Å²) < 4.78 is 10.9. The molecule has 4 rings (SSSR count). The first-order valence-corrected chi connectivity index (χ1v) is 8.73. The zero-order valence-electron chi connectivity index (χ0n) is 14.9. The Bertz CT molecular complexity index is 1020. The van der Waals surface area contributed by atoms with Gasteiger partial charge in [-0.05, 0) is 35.4 Å². The number of carbonyl (C=O) groups is 1. The summed E-state index contributed by atoms with van der Waals surface area (Å²) in [6.45, 7) is 0. The Balaban J connectivity index is 1.66. The van der Waals surface area contributed by atoms with Gasteiger partial charge >= 0.3 is 0 Å². The first-order valence-electron chi connectivity index (χ1n) is 8.73. The average molecular weight is 357 g/mol. The van der Waals surface area contributed by atoms with E-state index in [0.29, 0.717) is 11.3 Å². The van der Waals surface area contributed by atoms with Gasteiger partial charge < -0.3 is 14.5 Å². The van der Waals surface area contributed by atoms with Crippen molar-refractivity contribution in [2.24, 2.45) is 0 Å². The highest BCUT2D eigenvalue weighted by atomic mass is 16.5. The fraction of sp³-hybridized carbons (Fsp3) is 0.0870. The molecule has 0 saturated carbocycles. The largest absolute Gasteiger partial charge is 0.497 e. The Morgan fingerprint density at radius 3 is 2.26 bits per heavy atom. The molecule has 27 heavy (non-hydrogen) atoms. The van der Waals surface area contributed by atoms with Crippen LogP contribution in [0.1, 0.15) is 27.7 Å². The summed E-state index contributed by atoms with van der Waals surface area (Å²) in [6, 6.07) is 26.6. The second kappa shape index (κ2) is 7.38. The first-order chi connectivity index (χ1) is 13.2. The number of rotatable bonds is 5. The minimum Gasteiger partial charge on any atom is -0.497 e. The highest BCUT2D eigenvalue weighted by Gasteiger charge is 2.20. The predicted octanol–water partition coefficient (Wildman–Crippen LogP) is 4.96. The smallest absolute Gasteiger partial charge is 0.287 e. The lowest BCUT2D eigenvalue weighted by Gasteiger charge is -2.19. The fourth-order valence-electron chi connectivity index (χ4n) is 3.10. The molecule has 4 nitrogen and oxygen atoms in total. The van der Waals surface area contributed by atoms with Crippen LogP contribution >= 0.6 is 0 Å². The number of ether oxygens (including phenoxy) is 1. The van der Waals surface area contributed by atoms with Crippen LogP contribution in [0.15, 0.2) is 89.3 Å². The number of furan rings is 1. The van der Waals surface area contributed by atoms with E-state index in [0.717, 1.165) is 22.3 Å². The van der Waals surface area contributed by atoms with Crippen LogP contribution in [0.2, 0.25) is 0 Å². The molecule has 0 fully saturated rings. The van der Waals surface area contributed by atoms with Crippen LogP contribution in [0.3, 0.4) is 0 Å². The molecular weight excluding hydrogens is 338 g/mol. The number of nitrogens with one attached hydrogen (secondary N) is 1. The summed E-state index contributed by atoms with van der Waals surface area (Å²) in [7, 11) is 1.63. The molecule has 1 N–H and O–H groups in total. The SMILES string of the molecule is COc1ccc([C@H](NC(=O)c2cc3ccccc3o2)c2ccccc2)cc1. The quantitative estimate of drug-likeness (QED) is 0.549. The molecule has 3 aromatic carbocycles. The van der Waals surface area contributed by atoms with Gasteiger partial charge in [0.25, 0.3) is 5.91 Å². The highest BCUT2D eigenvalue weighted by molar-refractivity contribution is 5.96. The second-order valence-corrected chi connectivity index (χ2v) is 6.24. The highest BCUT2D eigenvalue weighted by Crippen LogP contribution is 2.25. The van der Waals surface area contributed by atoms with E-state index >= 15 is 0 Å². The molecule has 0 aliphatic rings. The van der Waals surface area contributed by atoms with E-state index in [9.17, 15) is 4.79 Å². The summed E-state index contributed by atoms with van der Waals surface area (Å²) in [6.07, 6.45) is 0. The Labute approximate surface area is 157 Å². The zero-order chi connectivity index (χ0) is 18.6. The van der Waals surface area contributed by atoms with Gasteiger partial charge in [-0.15, -0.1) is 0 Å². The summed E-state index contributed by atoms with van der Waals surface area (Å²) in [4.78, 5) is 12.9. The Hall–Kier alpha value is -3.53. The summed E-state index contributed by atoms with van der Waals surface area (Å²) in [5, 5.41) is 4.00. The number of amides is 1. The van der Waals surface area contributed by atoms with Crippen LogP contribution in [-0.2, 0) is 0 Å². The Morgan fingerprint density at radius 1 is 0.889 bits per heavy atom. The summed E-state index contributed by atoms with van der Waals surface area (Å²) in [5.41, 5.74) is 2.65. The molecule has 0 radical (unpaired) electrons. The molecule has 1 amide bonds. The van der Waals surface area contributed by atoms with E-state index in [2.05, 4.69) is 5.32 Å². The number of methoxy groups -OCH3 is 1. The van der Waals surface area contributed by atoms with Crippen LogP contribution in [0.5, 0.6) is 5.75 Å². The molecule has 0 bridgehead atoms. The van der Waals surface area contributed by atoms with Crippen molar-refractivity contribution < 1.29 is 13.9 Å². The lowest BCUT2D eigenvalue weighted by Crippen LogP contribution is -2.29. The number of hydrogen-bond donors (Lipinski definition) is 1. The number of hydrogen-bond acceptors (Lipinski definition) is 3. The molecule has 0 saturated heterocycles. The summed E-state index contributed by atoms with van der Waals surface area (Å²) in [5.74, 6) is 0.815. The molecular formula is C23H19NO3. The molecule has 0 unspecified atom stereocenters. The first kappa shape index (κ1) is 16.9. The maximum Gasteiger partial charge on any atom is 0.287 e. The van der Waals surface area contributed by atoms with E-state index in [4.69, 9.17) is 9.15 Å². The van der Waals surface area contributed by atoms with Gasteiger partial charge in [0.1, 0.15) is 11.3 Å². The summed E-state index contributed by atoms with van der Waals surface area (Å²) >= 11 is 0. The van der Waals surface area contributed by atoms with Crippen LogP contribution < -0.4 is 10.1 Å². The molecule has 0 aliphatic heterocycles. The third-order valence-electron chi connectivity index (χ3n) is 4.51. The standard InChI is InChI=1S/C23H19NO3/c1-26-19-13-11-17(12-14-19)22(16-7-3-2-4-8-16)24-23(25)21-15-18-9-5-6-10-20(18)27-21/h2-15,22H,1H3,(H,24,25)/t22-/m1/s1. The van der Waals surface area contributed by atoms with Gasteiger partial charge in [-0.25, -0.2) is 0 Å². The van der Waals surface area contributed by atoms with Crippen molar-refractivity contribution in [3.05, 3.63) is 102 Å². The molecule has 0 aliphatic carbocycles. The van der Waals surface area contributed by atoms with Gasteiger partial charge in [-0.2, -0.15) is 0 Å². The van der Waals surface area contributed by atoms with Crippen molar-refractivity contribution in [2.45, 2.75) is 6.04 Å². The molecule has 1 atom stereocenters. The Morgan fingerprint density at radius 2 is 1.56 bits per heavy atom. The van der Waals surface area contributed by atoms with Crippen molar-refractivity contribution in [1.29, 1.82) is 0 Å². The van der Waals surface area contributed by atoms with Gasteiger partial charge in [0.15, 0.2) is 5.76 Å². The molecule has 0 spiro atoms. The van der Waals surface area contributed by atoms with Crippen molar-refractivity contribution in [3.8, 4) is 5.75 Å². The Kier molecular flexibility index (Phi) is 4.62. The van der Waals surface area contributed by atoms with E-state index in [1.807, 2.05) is 78.9 Å². The van der Waals surface area contributed by atoms with Crippen LogP contribution in [0.25, 0.3) is 11.0 Å². The van der Waals surface area contributed by atoms with Gasteiger partial charge in [-0.1, -0.05) is 60.7 Å². The fourth-order valence-corrected chi connectivity index (χ4v) is 3.10. The van der Waals surface area contributed by atoms with Crippen LogP contribution in [0.4, 0.5) is 0 Å². The second-order valence-electron chi connectivity index (χ2n) is 6.24. The van der Waals surface area contributed by atoms with Crippen molar-refractivity contribution in [3.63, 3.8) is 0 Å². The molecule has 1 heterocycles. The van der Waals surface area contributed by atoms with Gasteiger partial charge in [-0.3, -0.25) is 4.79 Å². The minimum atomic E-state index is -0.294. The lowest BCUT2D eigenvalue weighted by molar-refractivity contribution is 0.0917. The molecule has 1 aromatic heterocycles. The number of para-hydroxylation sites is 1. The van der Waals surface area contributed by atoms with Gasteiger partial charge in [0.05, 0.1) is 13.2 Å². The van der Waals surface area contributed by atoms with Crippen LogP contribution in [-0.4, -0.2) is 13.0 Å². The zero-order valence-corrected chi connectivity index (χ0v) is 14.9. The van der Waals surface area contributed by atoms with E-state index in [1.54, 1.807) is 13.2 Å². The topological polar surface area (TPSA) is 51.5 Å². The maximum absolute atomic E-state index is 12.9. The molecule has 4 aromatic rings. The average Bonchev–Trinajstić information content (AvgIpc) is 3.17. The van der Waals surface area contributed by atoms with E-state index < -0.39 is 0 Å². The third-order valence-corrected chi connectivity index (χ3v) is 4.51. The van der Waals surface area contributed by atoms with Crippen molar-refractivity contribution >= 4 is 16.9 Å². The number of benzene rings is 3. The normalized spacial score (nSPS) is 11.9.